The molecule has 1 aromatic carbocycles. The molecule has 3 fully saturated rings. The Kier molecular flexibility index (Phi) is 2.64. The summed E-state index contributed by atoms with van der Waals surface area (Å²) >= 11 is 0. The lowest BCUT2D eigenvalue weighted by atomic mass is 9.80. The van der Waals surface area contributed by atoms with Crippen molar-refractivity contribution in [2.75, 3.05) is 0 Å². The van der Waals surface area contributed by atoms with Gasteiger partial charge in [-0.1, -0.05) is 24.6 Å². The van der Waals surface area contributed by atoms with Crippen molar-refractivity contribution in [3.05, 3.63) is 35.9 Å². The Bertz CT molecular complexity index is 481. The summed E-state index contributed by atoms with van der Waals surface area (Å²) in [5.41, 5.74) is 0.688. The van der Waals surface area contributed by atoms with Gasteiger partial charge in [0.1, 0.15) is 6.10 Å². The maximum Gasteiger partial charge on any atom is 0.338 e. The zero-order valence-electron chi connectivity index (χ0n) is 11.1. The molecule has 19 heavy (non-hydrogen) atoms. The zero-order chi connectivity index (χ0) is 12.8. The van der Waals surface area contributed by atoms with Crippen molar-refractivity contribution < 1.29 is 9.53 Å². The molecule has 0 N–H and O–H groups in total. The smallest absolute Gasteiger partial charge is 0.338 e. The van der Waals surface area contributed by atoms with Gasteiger partial charge in [-0.15, -0.1) is 0 Å². The number of rotatable bonds is 2. The minimum atomic E-state index is -0.132. The van der Waals surface area contributed by atoms with E-state index < -0.39 is 0 Å². The van der Waals surface area contributed by atoms with Gasteiger partial charge in [0.15, 0.2) is 0 Å². The third-order valence-electron chi connectivity index (χ3n) is 5.64. The largest absolute Gasteiger partial charge is 0.458 e. The van der Waals surface area contributed by atoms with Crippen LogP contribution >= 0.6 is 0 Å². The molecule has 1 aromatic rings. The number of carbonyl (C=O) groups excluding carboxylic acids is 1. The summed E-state index contributed by atoms with van der Waals surface area (Å²) in [5.74, 6) is 3.17. The fourth-order valence-electron chi connectivity index (χ4n) is 4.92. The molecule has 5 atom stereocenters. The second-order valence-corrected chi connectivity index (χ2v) is 6.46. The lowest BCUT2D eigenvalue weighted by Crippen LogP contribution is -2.32. The number of hydrogen-bond acceptors (Lipinski definition) is 2. The van der Waals surface area contributed by atoms with Crippen LogP contribution in [0.25, 0.3) is 0 Å². The van der Waals surface area contributed by atoms with Crippen LogP contribution in [0.15, 0.2) is 30.3 Å². The summed E-state index contributed by atoms with van der Waals surface area (Å²) in [4.78, 5) is 12.1. The van der Waals surface area contributed by atoms with Crippen LogP contribution in [0.4, 0.5) is 0 Å². The molecule has 2 heteroatoms. The molecule has 0 saturated heterocycles. The summed E-state index contributed by atoms with van der Waals surface area (Å²) in [7, 11) is 0. The van der Waals surface area contributed by atoms with Crippen LogP contribution in [0.3, 0.4) is 0 Å². The van der Waals surface area contributed by atoms with Crippen molar-refractivity contribution in [3.63, 3.8) is 0 Å². The van der Waals surface area contributed by atoms with Gasteiger partial charge in [0, 0.05) is 0 Å². The first-order chi connectivity index (χ1) is 9.33. The Morgan fingerprint density at radius 3 is 2.63 bits per heavy atom. The summed E-state index contributed by atoms with van der Waals surface area (Å²) in [5, 5.41) is 0. The van der Waals surface area contributed by atoms with Crippen molar-refractivity contribution in [2.24, 2.45) is 23.7 Å². The fraction of sp³-hybridized carbons (Fsp3) is 0.588. The molecule has 3 saturated carbocycles. The van der Waals surface area contributed by atoms with Crippen molar-refractivity contribution >= 4 is 5.97 Å². The van der Waals surface area contributed by atoms with Gasteiger partial charge in [-0.05, 0) is 61.5 Å². The van der Waals surface area contributed by atoms with E-state index in [1.165, 1.54) is 25.7 Å². The average Bonchev–Trinajstić information content (AvgIpc) is 3.11. The molecule has 3 aliphatic rings. The van der Waals surface area contributed by atoms with Gasteiger partial charge in [0.25, 0.3) is 0 Å². The molecule has 0 amide bonds. The van der Waals surface area contributed by atoms with Gasteiger partial charge in [0.05, 0.1) is 5.56 Å². The molecule has 3 aliphatic carbocycles. The lowest BCUT2D eigenvalue weighted by molar-refractivity contribution is 0.00143. The Balaban J connectivity index is 1.46. The first-order valence-electron chi connectivity index (χ1n) is 7.59. The van der Waals surface area contributed by atoms with Crippen LogP contribution in [0, 0.1) is 23.7 Å². The summed E-state index contributed by atoms with van der Waals surface area (Å²) in [6.07, 6.45) is 6.79. The third-order valence-corrected chi connectivity index (χ3v) is 5.64. The summed E-state index contributed by atoms with van der Waals surface area (Å²) in [6.45, 7) is 0. The maximum atomic E-state index is 12.1. The van der Waals surface area contributed by atoms with Crippen LogP contribution in [0.2, 0.25) is 0 Å². The maximum absolute atomic E-state index is 12.1. The van der Waals surface area contributed by atoms with E-state index >= 15 is 0 Å². The Morgan fingerprint density at radius 2 is 1.79 bits per heavy atom. The summed E-state index contributed by atoms with van der Waals surface area (Å²) in [6, 6.07) is 9.40. The van der Waals surface area contributed by atoms with Crippen LogP contribution in [-0.2, 0) is 4.74 Å². The molecule has 0 aromatic heterocycles. The average molecular weight is 256 g/mol. The predicted molar refractivity (Wildman–Crippen MR) is 72.7 cm³/mol. The number of benzene rings is 1. The van der Waals surface area contributed by atoms with Gasteiger partial charge >= 0.3 is 5.97 Å². The van der Waals surface area contributed by atoms with Crippen LogP contribution in [0.1, 0.15) is 42.5 Å². The monoisotopic (exact) mass is 256 g/mol. The van der Waals surface area contributed by atoms with E-state index in [0.29, 0.717) is 11.5 Å². The molecular weight excluding hydrogens is 236 g/mol. The highest BCUT2D eigenvalue weighted by molar-refractivity contribution is 5.89. The highest BCUT2D eigenvalue weighted by atomic mass is 16.5. The van der Waals surface area contributed by atoms with Crippen LogP contribution in [0.5, 0.6) is 0 Å². The third kappa shape index (κ3) is 1.80. The van der Waals surface area contributed by atoms with Crippen LogP contribution < -0.4 is 0 Å². The van der Waals surface area contributed by atoms with Gasteiger partial charge < -0.3 is 4.74 Å². The normalized spacial score (nSPS) is 39.3. The van der Waals surface area contributed by atoms with Gasteiger partial charge in [-0.25, -0.2) is 4.79 Å². The van der Waals surface area contributed by atoms with E-state index in [0.717, 1.165) is 24.2 Å². The van der Waals surface area contributed by atoms with Gasteiger partial charge in [-0.2, -0.15) is 0 Å². The predicted octanol–water partition coefficient (Wildman–Crippen LogP) is 3.67. The minimum Gasteiger partial charge on any atom is -0.458 e. The van der Waals surface area contributed by atoms with Gasteiger partial charge in [-0.3, -0.25) is 0 Å². The van der Waals surface area contributed by atoms with Crippen molar-refractivity contribution in [1.29, 1.82) is 0 Å². The molecule has 100 valence electrons. The molecule has 2 bridgehead atoms. The topological polar surface area (TPSA) is 26.3 Å². The number of esters is 1. The van der Waals surface area contributed by atoms with Gasteiger partial charge in [0.2, 0.25) is 0 Å². The zero-order valence-corrected chi connectivity index (χ0v) is 11.1. The Morgan fingerprint density at radius 1 is 1.00 bits per heavy atom. The fourth-order valence-corrected chi connectivity index (χ4v) is 4.92. The first kappa shape index (κ1) is 11.5. The second kappa shape index (κ2) is 4.36. The van der Waals surface area contributed by atoms with E-state index in [2.05, 4.69) is 0 Å². The SMILES string of the molecule is O=C(O[C@@H]1C[C@H]2C[C@@H]1[C@H]1CCC[C@H]21)c1ccccc1. The number of hydrogen-bond donors (Lipinski definition) is 0. The lowest BCUT2D eigenvalue weighted by Gasteiger charge is -2.31. The molecule has 2 nitrogen and oxygen atoms in total. The molecule has 0 radical (unpaired) electrons. The molecular formula is C17H20O2. The van der Waals surface area contributed by atoms with Crippen molar-refractivity contribution in [3.8, 4) is 0 Å². The first-order valence-corrected chi connectivity index (χ1v) is 7.59. The molecule has 0 heterocycles. The molecule has 0 unspecified atom stereocenters. The highest BCUT2D eigenvalue weighted by Gasteiger charge is 2.55. The van der Waals surface area contributed by atoms with E-state index in [-0.39, 0.29) is 12.1 Å². The van der Waals surface area contributed by atoms with Crippen LogP contribution in [-0.4, -0.2) is 12.1 Å². The van der Waals surface area contributed by atoms with Crippen molar-refractivity contribution in [2.45, 2.75) is 38.2 Å². The number of ether oxygens (including phenoxy) is 1. The minimum absolute atomic E-state index is 0.132. The van der Waals surface area contributed by atoms with E-state index in [9.17, 15) is 4.79 Å². The summed E-state index contributed by atoms with van der Waals surface area (Å²) < 4.78 is 5.80. The Labute approximate surface area is 114 Å². The molecule has 0 aliphatic heterocycles. The number of carbonyl (C=O) groups is 1. The van der Waals surface area contributed by atoms with E-state index in [1.54, 1.807) is 0 Å². The molecule has 4 rings (SSSR count). The quantitative estimate of drug-likeness (QED) is 0.755. The highest BCUT2D eigenvalue weighted by Crippen LogP contribution is 2.59. The molecule has 0 spiro atoms. The second-order valence-electron chi connectivity index (χ2n) is 6.46. The number of fused-ring (bicyclic) bond motifs is 5. The van der Waals surface area contributed by atoms with Crippen molar-refractivity contribution in [1.82, 2.24) is 0 Å². The Hall–Kier alpha value is -1.31. The standard InChI is InChI=1S/C17H20O2/c18-17(11-5-2-1-3-6-11)19-16-10-12-9-15(16)14-8-4-7-13(12)14/h1-3,5-6,12-16H,4,7-10H2/t12-,13-,14+,15-,16-/m1/s1. The van der Waals surface area contributed by atoms with E-state index in [4.69, 9.17) is 4.74 Å². The van der Waals surface area contributed by atoms with E-state index in [1.807, 2.05) is 30.3 Å².